The number of nitrogens with one attached hydrogen (secondary N) is 1. The van der Waals surface area contributed by atoms with E-state index in [4.69, 9.17) is 5.73 Å². The predicted octanol–water partition coefficient (Wildman–Crippen LogP) is 3.94. The van der Waals surface area contributed by atoms with Crippen LogP contribution in [0.15, 0.2) is 53.0 Å². The van der Waals surface area contributed by atoms with E-state index in [2.05, 4.69) is 26.1 Å². The molecule has 0 spiro atoms. The zero-order chi connectivity index (χ0) is 20.1. The van der Waals surface area contributed by atoms with Crippen LogP contribution >= 0.6 is 15.9 Å². The molecule has 0 radical (unpaired) electrons. The Morgan fingerprint density at radius 3 is 2.46 bits per heavy atom. The van der Waals surface area contributed by atoms with E-state index < -0.39 is 5.82 Å². The van der Waals surface area contributed by atoms with Gasteiger partial charge in [-0.2, -0.15) is 0 Å². The first-order valence-corrected chi connectivity index (χ1v) is 9.80. The van der Waals surface area contributed by atoms with E-state index in [1.807, 2.05) is 24.3 Å². The summed E-state index contributed by atoms with van der Waals surface area (Å²) in [7, 11) is 0. The predicted molar refractivity (Wildman–Crippen MR) is 112 cm³/mol. The van der Waals surface area contributed by atoms with Gasteiger partial charge in [0, 0.05) is 46.5 Å². The first-order valence-electron chi connectivity index (χ1n) is 9.01. The fourth-order valence-corrected chi connectivity index (χ4v) is 3.55. The number of nitrogens with two attached hydrogens (primary N) is 1. The molecule has 1 aliphatic rings. The molecular weight excluding hydrogens is 425 g/mol. The highest BCUT2D eigenvalue weighted by Crippen LogP contribution is 2.24. The van der Waals surface area contributed by atoms with E-state index in [1.54, 1.807) is 12.1 Å². The molecule has 2 aromatic rings. The molecule has 146 valence electrons. The Balaban J connectivity index is 1.57. The lowest BCUT2D eigenvalue weighted by atomic mass is 9.96. The van der Waals surface area contributed by atoms with Crippen molar-refractivity contribution in [2.24, 2.45) is 11.7 Å². The second kappa shape index (κ2) is 9.01. The molecule has 0 aliphatic carbocycles. The minimum atomic E-state index is -0.392. The van der Waals surface area contributed by atoms with Crippen LogP contribution in [0.25, 0.3) is 6.08 Å². The van der Waals surface area contributed by atoms with Crippen LogP contribution in [0.1, 0.15) is 18.4 Å². The van der Waals surface area contributed by atoms with Gasteiger partial charge < -0.3 is 16.0 Å². The minimum Gasteiger partial charge on any atom is -0.371 e. The van der Waals surface area contributed by atoms with Gasteiger partial charge in [0.15, 0.2) is 0 Å². The number of carbonyl (C=O) groups excluding carboxylic acids is 2. The quantitative estimate of drug-likeness (QED) is 0.684. The number of benzene rings is 2. The topological polar surface area (TPSA) is 75.4 Å². The van der Waals surface area contributed by atoms with Crippen molar-refractivity contribution in [2.75, 3.05) is 23.3 Å². The fourth-order valence-electron chi connectivity index (χ4n) is 3.17. The summed E-state index contributed by atoms with van der Waals surface area (Å²) >= 11 is 3.28. The molecule has 7 heteroatoms. The van der Waals surface area contributed by atoms with Crippen molar-refractivity contribution in [3.8, 4) is 0 Å². The fraction of sp³-hybridized carbons (Fsp3) is 0.238. The second-order valence-electron chi connectivity index (χ2n) is 6.70. The van der Waals surface area contributed by atoms with Gasteiger partial charge in [-0.05, 0) is 61.4 Å². The van der Waals surface area contributed by atoms with Crippen LogP contribution < -0.4 is 16.0 Å². The van der Waals surface area contributed by atoms with Crippen molar-refractivity contribution in [3.05, 3.63) is 64.4 Å². The molecule has 0 unspecified atom stereocenters. The van der Waals surface area contributed by atoms with Crippen LogP contribution in [-0.4, -0.2) is 24.9 Å². The first-order chi connectivity index (χ1) is 13.4. The van der Waals surface area contributed by atoms with Crippen LogP contribution in [-0.2, 0) is 9.59 Å². The zero-order valence-corrected chi connectivity index (χ0v) is 16.8. The highest BCUT2D eigenvalue weighted by atomic mass is 79.9. The SMILES string of the molecule is NC(=O)C1CCN(c2ccc(NC(=O)C=Cc3cc(Br)ccc3F)cc2)CC1. The number of amides is 2. The van der Waals surface area contributed by atoms with Gasteiger partial charge in [-0.1, -0.05) is 15.9 Å². The van der Waals surface area contributed by atoms with E-state index in [-0.39, 0.29) is 17.7 Å². The highest BCUT2D eigenvalue weighted by molar-refractivity contribution is 9.10. The summed E-state index contributed by atoms with van der Waals surface area (Å²) in [5.41, 5.74) is 7.39. The smallest absolute Gasteiger partial charge is 0.248 e. The van der Waals surface area contributed by atoms with Gasteiger partial charge in [-0.15, -0.1) is 0 Å². The standard InChI is InChI=1S/C21H21BrFN3O2/c22-16-2-7-19(23)15(13-16)1-8-20(27)25-17-3-5-18(6-4-17)26-11-9-14(10-12-26)21(24)28/h1-8,13-14H,9-12H2,(H2,24,28)(H,25,27). The van der Waals surface area contributed by atoms with Crippen molar-refractivity contribution in [3.63, 3.8) is 0 Å². The Morgan fingerprint density at radius 2 is 1.82 bits per heavy atom. The van der Waals surface area contributed by atoms with E-state index in [0.717, 1.165) is 36.1 Å². The maximum atomic E-state index is 13.7. The lowest BCUT2D eigenvalue weighted by molar-refractivity contribution is -0.122. The number of primary amides is 1. The van der Waals surface area contributed by atoms with Gasteiger partial charge in [-0.3, -0.25) is 9.59 Å². The van der Waals surface area contributed by atoms with Crippen molar-refractivity contribution in [1.29, 1.82) is 0 Å². The summed E-state index contributed by atoms with van der Waals surface area (Å²) in [6.45, 7) is 1.56. The van der Waals surface area contributed by atoms with Gasteiger partial charge in [0.05, 0.1) is 0 Å². The molecule has 0 saturated carbocycles. The molecule has 0 aromatic heterocycles. The van der Waals surface area contributed by atoms with Crippen LogP contribution in [0.5, 0.6) is 0 Å². The van der Waals surface area contributed by atoms with E-state index >= 15 is 0 Å². The third kappa shape index (κ3) is 5.19. The van der Waals surface area contributed by atoms with Gasteiger partial charge in [0.1, 0.15) is 5.82 Å². The zero-order valence-electron chi connectivity index (χ0n) is 15.2. The van der Waals surface area contributed by atoms with Gasteiger partial charge >= 0.3 is 0 Å². The summed E-state index contributed by atoms with van der Waals surface area (Å²) < 4.78 is 14.4. The Morgan fingerprint density at radius 1 is 1.14 bits per heavy atom. The number of anilines is 2. The molecule has 0 atom stereocenters. The summed E-state index contributed by atoms with van der Waals surface area (Å²) in [5.74, 6) is -1.00. The number of piperidine rings is 1. The number of hydrogen-bond acceptors (Lipinski definition) is 3. The Bertz CT molecular complexity index is 891. The summed E-state index contributed by atoms with van der Waals surface area (Å²) in [5, 5.41) is 2.76. The molecule has 5 nitrogen and oxygen atoms in total. The van der Waals surface area contributed by atoms with Crippen LogP contribution in [0.3, 0.4) is 0 Å². The summed E-state index contributed by atoms with van der Waals surface area (Å²) in [6, 6.07) is 12.0. The Hall–Kier alpha value is -2.67. The number of hydrogen-bond donors (Lipinski definition) is 2. The third-order valence-electron chi connectivity index (χ3n) is 4.77. The molecule has 1 aliphatic heterocycles. The van der Waals surface area contributed by atoms with Gasteiger partial charge in [-0.25, -0.2) is 4.39 Å². The minimum absolute atomic E-state index is 0.0447. The molecule has 0 bridgehead atoms. The molecule has 1 saturated heterocycles. The molecule has 1 heterocycles. The maximum absolute atomic E-state index is 13.7. The van der Waals surface area contributed by atoms with Crippen molar-refractivity contribution in [1.82, 2.24) is 0 Å². The first kappa shape index (κ1) is 20.1. The summed E-state index contributed by atoms with van der Waals surface area (Å²) in [6.07, 6.45) is 4.25. The van der Waals surface area contributed by atoms with Crippen molar-refractivity contribution < 1.29 is 14.0 Å². The molecule has 3 rings (SSSR count). The summed E-state index contributed by atoms with van der Waals surface area (Å²) in [4.78, 5) is 25.5. The Labute approximate surface area is 171 Å². The molecule has 3 N–H and O–H groups in total. The lowest BCUT2D eigenvalue weighted by Gasteiger charge is -2.32. The maximum Gasteiger partial charge on any atom is 0.248 e. The Kier molecular flexibility index (Phi) is 6.46. The van der Waals surface area contributed by atoms with Crippen LogP contribution in [0, 0.1) is 11.7 Å². The van der Waals surface area contributed by atoms with Crippen LogP contribution in [0.2, 0.25) is 0 Å². The normalized spacial score (nSPS) is 15.0. The van der Waals surface area contributed by atoms with Crippen molar-refractivity contribution in [2.45, 2.75) is 12.8 Å². The molecular formula is C21H21BrFN3O2. The van der Waals surface area contributed by atoms with Gasteiger partial charge in [0.25, 0.3) is 0 Å². The monoisotopic (exact) mass is 445 g/mol. The lowest BCUT2D eigenvalue weighted by Crippen LogP contribution is -2.38. The highest BCUT2D eigenvalue weighted by Gasteiger charge is 2.23. The molecule has 28 heavy (non-hydrogen) atoms. The molecule has 2 amide bonds. The van der Waals surface area contributed by atoms with Crippen LogP contribution in [0.4, 0.5) is 15.8 Å². The van der Waals surface area contributed by atoms with E-state index in [1.165, 1.54) is 18.2 Å². The second-order valence-corrected chi connectivity index (χ2v) is 7.61. The van der Waals surface area contributed by atoms with Gasteiger partial charge in [0.2, 0.25) is 11.8 Å². The molecule has 2 aromatic carbocycles. The van der Waals surface area contributed by atoms with E-state index in [0.29, 0.717) is 11.3 Å². The third-order valence-corrected chi connectivity index (χ3v) is 5.26. The molecule has 1 fully saturated rings. The largest absolute Gasteiger partial charge is 0.371 e. The number of carbonyl (C=O) groups is 2. The van der Waals surface area contributed by atoms with E-state index in [9.17, 15) is 14.0 Å². The average Bonchev–Trinajstić information content (AvgIpc) is 2.69. The number of nitrogens with zero attached hydrogens (tertiary/aromatic N) is 1. The number of rotatable bonds is 5. The van der Waals surface area contributed by atoms with Crippen molar-refractivity contribution >= 4 is 45.2 Å². The average molecular weight is 446 g/mol. The number of halogens is 2.